The van der Waals surface area contributed by atoms with Crippen molar-refractivity contribution in [2.45, 2.75) is 86.2 Å². The van der Waals surface area contributed by atoms with Crippen molar-refractivity contribution in [3.05, 3.63) is 0 Å². The molecule has 0 saturated heterocycles. The van der Waals surface area contributed by atoms with Crippen LogP contribution in [0.5, 0.6) is 0 Å². The van der Waals surface area contributed by atoms with Gasteiger partial charge in [-0.15, -0.1) is 0 Å². The van der Waals surface area contributed by atoms with Gasteiger partial charge < -0.3 is 10.2 Å². The third-order valence-corrected chi connectivity index (χ3v) is 4.10. The SMILES string of the molecule is CCCC(C)(CNC(C)(C)C)CN(C)C(C)CC(C)C. The lowest BCUT2D eigenvalue weighted by molar-refractivity contribution is 0.124. The molecular formula is C18H40N2. The summed E-state index contributed by atoms with van der Waals surface area (Å²) in [6, 6.07) is 0.667. The number of rotatable bonds is 9. The summed E-state index contributed by atoms with van der Waals surface area (Å²) < 4.78 is 0. The van der Waals surface area contributed by atoms with Crippen LogP contribution in [0.2, 0.25) is 0 Å². The molecule has 0 amide bonds. The lowest BCUT2D eigenvalue weighted by Gasteiger charge is -2.39. The van der Waals surface area contributed by atoms with Crippen LogP contribution in [-0.4, -0.2) is 36.6 Å². The third kappa shape index (κ3) is 8.97. The van der Waals surface area contributed by atoms with E-state index in [2.05, 4.69) is 72.7 Å². The lowest BCUT2D eigenvalue weighted by Crippen LogP contribution is -2.48. The molecule has 0 fully saturated rings. The van der Waals surface area contributed by atoms with Gasteiger partial charge in [-0.3, -0.25) is 0 Å². The van der Waals surface area contributed by atoms with Crippen molar-refractivity contribution in [2.75, 3.05) is 20.1 Å². The van der Waals surface area contributed by atoms with Crippen LogP contribution in [0, 0.1) is 11.3 Å². The first-order valence-corrected chi connectivity index (χ1v) is 8.44. The van der Waals surface area contributed by atoms with E-state index in [0.717, 1.165) is 12.5 Å². The molecule has 0 rings (SSSR count). The highest BCUT2D eigenvalue weighted by Crippen LogP contribution is 2.26. The van der Waals surface area contributed by atoms with Crippen LogP contribution >= 0.6 is 0 Å². The zero-order valence-corrected chi connectivity index (χ0v) is 15.6. The van der Waals surface area contributed by atoms with Crippen LogP contribution in [0.4, 0.5) is 0 Å². The molecule has 2 nitrogen and oxygen atoms in total. The van der Waals surface area contributed by atoms with Crippen LogP contribution in [0.3, 0.4) is 0 Å². The predicted molar refractivity (Wildman–Crippen MR) is 92.3 cm³/mol. The van der Waals surface area contributed by atoms with E-state index >= 15 is 0 Å². The minimum Gasteiger partial charge on any atom is -0.311 e. The fourth-order valence-corrected chi connectivity index (χ4v) is 2.93. The Morgan fingerprint density at radius 1 is 1.05 bits per heavy atom. The Morgan fingerprint density at radius 3 is 2.00 bits per heavy atom. The maximum atomic E-state index is 3.71. The van der Waals surface area contributed by atoms with Gasteiger partial charge in [-0.1, -0.05) is 34.1 Å². The Kier molecular flexibility index (Phi) is 8.35. The second-order valence-electron chi connectivity index (χ2n) is 8.56. The van der Waals surface area contributed by atoms with Crippen LogP contribution in [0.25, 0.3) is 0 Å². The minimum atomic E-state index is 0.205. The largest absolute Gasteiger partial charge is 0.311 e. The minimum absolute atomic E-state index is 0.205. The van der Waals surface area contributed by atoms with E-state index in [9.17, 15) is 0 Å². The molecule has 2 unspecified atom stereocenters. The van der Waals surface area contributed by atoms with E-state index in [-0.39, 0.29) is 5.54 Å². The van der Waals surface area contributed by atoms with Crippen molar-refractivity contribution in [2.24, 2.45) is 11.3 Å². The number of hydrogen-bond acceptors (Lipinski definition) is 2. The number of nitrogens with zero attached hydrogens (tertiary/aromatic N) is 1. The molecule has 2 atom stereocenters. The first-order valence-electron chi connectivity index (χ1n) is 8.44. The Labute approximate surface area is 128 Å². The van der Waals surface area contributed by atoms with E-state index in [0.29, 0.717) is 11.5 Å². The summed E-state index contributed by atoms with van der Waals surface area (Å²) in [4.78, 5) is 2.56. The Bertz CT molecular complexity index is 255. The van der Waals surface area contributed by atoms with Crippen molar-refractivity contribution in [1.29, 1.82) is 0 Å². The molecule has 0 spiro atoms. The molecule has 122 valence electrons. The summed E-state index contributed by atoms with van der Waals surface area (Å²) in [7, 11) is 2.29. The van der Waals surface area contributed by atoms with Gasteiger partial charge in [0.05, 0.1) is 0 Å². The van der Waals surface area contributed by atoms with E-state index < -0.39 is 0 Å². The van der Waals surface area contributed by atoms with Crippen LogP contribution in [0.15, 0.2) is 0 Å². The van der Waals surface area contributed by atoms with Gasteiger partial charge in [0.1, 0.15) is 0 Å². The molecule has 0 aromatic heterocycles. The van der Waals surface area contributed by atoms with Crippen molar-refractivity contribution >= 4 is 0 Å². The molecule has 0 aliphatic rings. The smallest absolute Gasteiger partial charge is 0.00967 e. The fraction of sp³-hybridized carbons (Fsp3) is 1.00. The van der Waals surface area contributed by atoms with Gasteiger partial charge in [0.25, 0.3) is 0 Å². The molecule has 0 aromatic rings. The average Bonchev–Trinajstić information content (AvgIpc) is 2.25. The molecule has 0 saturated carbocycles. The summed E-state index contributed by atoms with van der Waals surface area (Å²) in [5, 5.41) is 3.71. The van der Waals surface area contributed by atoms with Gasteiger partial charge in [0, 0.05) is 24.7 Å². The van der Waals surface area contributed by atoms with Crippen molar-refractivity contribution < 1.29 is 0 Å². The highest BCUT2D eigenvalue weighted by Gasteiger charge is 2.28. The first-order chi connectivity index (χ1) is 8.99. The maximum Gasteiger partial charge on any atom is 0.00967 e. The molecule has 0 aliphatic carbocycles. The molecule has 0 aliphatic heterocycles. The maximum absolute atomic E-state index is 3.71. The summed E-state index contributed by atoms with van der Waals surface area (Å²) in [6.45, 7) is 20.8. The predicted octanol–water partition coefficient (Wildman–Crippen LogP) is 4.55. The van der Waals surface area contributed by atoms with Crippen LogP contribution < -0.4 is 5.32 Å². The molecule has 0 heterocycles. The number of nitrogens with one attached hydrogen (secondary N) is 1. The molecule has 0 bridgehead atoms. The van der Waals surface area contributed by atoms with E-state index in [1.54, 1.807) is 0 Å². The average molecular weight is 285 g/mol. The Balaban J connectivity index is 4.57. The zero-order valence-electron chi connectivity index (χ0n) is 15.6. The second kappa shape index (κ2) is 8.38. The molecule has 1 N–H and O–H groups in total. The molecule has 20 heavy (non-hydrogen) atoms. The fourth-order valence-electron chi connectivity index (χ4n) is 2.93. The lowest BCUT2D eigenvalue weighted by atomic mass is 9.83. The highest BCUT2D eigenvalue weighted by atomic mass is 15.1. The van der Waals surface area contributed by atoms with E-state index in [1.165, 1.54) is 25.8 Å². The first kappa shape index (κ1) is 19.9. The standard InChI is InChI=1S/C18H40N2/c1-10-11-18(8,13-19-17(5,6)7)14-20(9)16(4)12-15(2)3/h15-16,19H,10-14H2,1-9H3. The molecule has 0 aromatic carbocycles. The van der Waals surface area contributed by atoms with Gasteiger partial charge in [0.15, 0.2) is 0 Å². The van der Waals surface area contributed by atoms with Gasteiger partial charge in [0.2, 0.25) is 0 Å². The van der Waals surface area contributed by atoms with Crippen molar-refractivity contribution in [1.82, 2.24) is 10.2 Å². The summed E-state index contributed by atoms with van der Waals surface area (Å²) in [5.74, 6) is 0.776. The van der Waals surface area contributed by atoms with Gasteiger partial charge >= 0.3 is 0 Å². The second-order valence-corrected chi connectivity index (χ2v) is 8.56. The summed E-state index contributed by atoms with van der Waals surface area (Å²) >= 11 is 0. The van der Waals surface area contributed by atoms with Crippen LogP contribution in [0.1, 0.15) is 74.7 Å². The van der Waals surface area contributed by atoms with Gasteiger partial charge in [-0.2, -0.15) is 0 Å². The zero-order chi connectivity index (χ0) is 16.0. The highest BCUT2D eigenvalue weighted by molar-refractivity contribution is 4.84. The Morgan fingerprint density at radius 2 is 1.60 bits per heavy atom. The molecular weight excluding hydrogens is 244 g/mol. The van der Waals surface area contributed by atoms with E-state index in [4.69, 9.17) is 0 Å². The summed E-state index contributed by atoms with van der Waals surface area (Å²) in [6.07, 6.45) is 3.83. The van der Waals surface area contributed by atoms with Crippen molar-refractivity contribution in [3.8, 4) is 0 Å². The monoisotopic (exact) mass is 284 g/mol. The van der Waals surface area contributed by atoms with E-state index in [1.807, 2.05) is 0 Å². The number of hydrogen-bond donors (Lipinski definition) is 1. The van der Waals surface area contributed by atoms with Gasteiger partial charge in [-0.25, -0.2) is 0 Å². The van der Waals surface area contributed by atoms with Crippen LogP contribution in [-0.2, 0) is 0 Å². The topological polar surface area (TPSA) is 15.3 Å². The normalized spacial score (nSPS) is 17.6. The van der Waals surface area contributed by atoms with Crippen molar-refractivity contribution in [3.63, 3.8) is 0 Å². The third-order valence-electron chi connectivity index (χ3n) is 4.10. The molecule has 2 heteroatoms. The van der Waals surface area contributed by atoms with Gasteiger partial charge in [-0.05, 0) is 58.9 Å². The molecule has 0 radical (unpaired) electrons. The summed E-state index contributed by atoms with van der Waals surface area (Å²) in [5.41, 5.74) is 0.569. The Hall–Kier alpha value is -0.0800. The quantitative estimate of drug-likeness (QED) is 0.668.